The fraction of sp³-hybridized carbons (Fsp3) is 1.00. The number of likely N-dealkylation sites (tertiary alicyclic amines) is 1. The van der Waals surface area contributed by atoms with E-state index in [9.17, 15) is 0 Å². The Morgan fingerprint density at radius 3 is 2.14 bits per heavy atom. The van der Waals surface area contributed by atoms with Gasteiger partial charge in [0.25, 0.3) is 0 Å². The third-order valence-corrected chi connectivity index (χ3v) is 10.3. The topological polar surface area (TPSA) is 15.3 Å². The van der Waals surface area contributed by atoms with Crippen molar-refractivity contribution < 1.29 is 0 Å². The van der Waals surface area contributed by atoms with Gasteiger partial charge in [-0.1, -0.05) is 27.3 Å². The zero-order chi connectivity index (χ0) is 10.8. The fourth-order valence-corrected chi connectivity index (χ4v) is 5.35. The molecule has 0 amide bonds. The zero-order valence-electron chi connectivity index (χ0n) is 9.98. The summed E-state index contributed by atoms with van der Waals surface area (Å²) in [5.41, 5.74) is 0. The molecule has 0 aromatic carbocycles. The molecule has 1 heterocycles. The first-order valence-electron chi connectivity index (χ1n) is 5.55. The van der Waals surface area contributed by atoms with E-state index in [1.54, 1.807) is 0 Å². The largest absolute Gasteiger partial charge is 0.362 e. The lowest BCUT2D eigenvalue weighted by Crippen LogP contribution is -2.60. The second-order valence-corrected chi connectivity index (χ2v) is 11.2. The van der Waals surface area contributed by atoms with Crippen LogP contribution in [0, 0.1) is 0 Å². The standard InChI is InChI=1S/C10H23N2Si2/c1-10(2,3)14(4,11-13)9-12-7-5-6-8-12/h11H,5-9H2,1-4H3. The van der Waals surface area contributed by atoms with Crippen LogP contribution in [0.1, 0.15) is 33.6 Å². The summed E-state index contributed by atoms with van der Waals surface area (Å²) in [5, 5.41) is 0.400. The fourth-order valence-electron chi connectivity index (χ4n) is 1.85. The first-order valence-corrected chi connectivity index (χ1v) is 8.76. The minimum absolute atomic E-state index is 0.400. The Kier molecular flexibility index (Phi) is 3.97. The Bertz CT molecular complexity index is 185. The van der Waals surface area contributed by atoms with Crippen molar-refractivity contribution in [3.8, 4) is 0 Å². The number of hydrogen-bond acceptors (Lipinski definition) is 2. The molecule has 81 valence electrons. The number of rotatable bonds is 3. The van der Waals surface area contributed by atoms with Gasteiger partial charge >= 0.3 is 0 Å². The maximum Gasteiger partial charge on any atom is 0.135 e. The highest BCUT2D eigenvalue weighted by Gasteiger charge is 2.40. The van der Waals surface area contributed by atoms with Crippen molar-refractivity contribution in [1.82, 2.24) is 9.55 Å². The minimum atomic E-state index is -1.40. The molecule has 0 saturated carbocycles. The zero-order valence-corrected chi connectivity index (χ0v) is 12.0. The minimum Gasteiger partial charge on any atom is -0.362 e. The highest BCUT2D eigenvalue weighted by molar-refractivity contribution is 6.82. The van der Waals surface area contributed by atoms with Crippen molar-refractivity contribution >= 4 is 18.6 Å². The van der Waals surface area contributed by atoms with Crippen LogP contribution in [0.5, 0.6) is 0 Å². The Hall–Kier alpha value is 0.354. The van der Waals surface area contributed by atoms with Gasteiger partial charge in [-0.2, -0.15) is 0 Å². The van der Waals surface area contributed by atoms with E-state index < -0.39 is 8.24 Å². The molecule has 1 rings (SSSR count). The highest BCUT2D eigenvalue weighted by atomic mass is 28.4. The molecule has 2 nitrogen and oxygen atoms in total. The Balaban J connectivity index is 2.60. The van der Waals surface area contributed by atoms with E-state index in [0.29, 0.717) is 5.04 Å². The molecule has 1 N–H and O–H groups in total. The van der Waals surface area contributed by atoms with E-state index in [0.717, 1.165) is 0 Å². The molecule has 1 atom stereocenters. The number of nitrogens with one attached hydrogen (secondary N) is 1. The molecular formula is C10H23N2Si2. The van der Waals surface area contributed by atoms with Crippen LogP contribution < -0.4 is 4.65 Å². The molecule has 14 heavy (non-hydrogen) atoms. The molecule has 1 aliphatic rings. The van der Waals surface area contributed by atoms with Crippen LogP contribution in [0.3, 0.4) is 0 Å². The SMILES string of the molecule is CC(C)(C)[Si](C)(CN1CCCC1)N[Si]. The normalized spacial score (nSPS) is 23.8. The van der Waals surface area contributed by atoms with Crippen molar-refractivity contribution in [2.75, 3.05) is 19.3 Å². The van der Waals surface area contributed by atoms with Gasteiger partial charge in [0.1, 0.15) is 18.6 Å². The maximum atomic E-state index is 3.55. The predicted molar refractivity (Wildman–Crippen MR) is 65.9 cm³/mol. The molecule has 1 unspecified atom stereocenters. The lowest BCUT2D eigenvalue weighted by atomic mass is 10.2. The van der Waals surface area contributed by atoms with E-state index in [-0.39, 0.29) is 0 Å². The predicted octanol–water partition coefficient (Wildman–Crippen LogP) is 1.67. The lowest BCUT2D eigenvalue weighted by molar-refractivity contribution is 0.381. The summed E-state index contributed by atoms with van der Waals surface area (Å²) in [6.07, 6.45) is 4.03. The number of nitrogens with zero attached hydrogens (tertiary/aromatic N) is 1. The van der Waals surface area contributed by atoms with Gasteiger partial charge in [-0.05, 0) is 31.0 Å². The van der Waals surface area contributed by atoms with Gasteiger partial charge < -0.3 is 9.55 Å². The van der Waals surface area contributed by atoms with Crippen molar-refractivity contribution in [3.05, 3.63) is 0 Å². The van der Waals surface area contributed by atoms with Crippen LogP contribution in [0.15, 0.2) is 0 Å². The van der Waals surface area contributed by atoms with Gasteiger partial charge in [0.15, 0.2) is 0 Å². The summed E-state index contributed by atoms with van der Waals surface area (Å²) in [6.45, 7) is 12.1. The summed E-state index contributed by atoms with van der Waals surface area (Å²) in [5.74, 6) is 0. The van der Waals surface area contributed by atoms with Gasteiger partial charge in [-0.3, -0.25) is 0 Å². The first-order chi connectivity index (χ1) is 6.39. The molecule has 0 aliphatic carbocycles. The van der Waals surface area contributed by atoms with E-state index in [1.165, 1.54) is 32.1 Å². The van der Waals surface area contributed by atoms with Gasteiger partial charge in [0.2, 0.25) is 0 Å². The van der Waals surface area contributed by atoms with Crippen LogP contribution in [-0.2, 0) is 0 Å². The summed E-state index contributed by atoms with van der Waals surface area (Å²) in [7, 11) is 2.15. The van der Waals surface area contributed by atoms with Crippen LogP contribution in [0.4, 0.5) is 0 Å². The highest BCUT2D eigenvalue weighted by Crippen LogP contribution is 2.34. The van der Waals surface area contributed by atoms with Gasteiger partial charge in [-0.15, -0.1) is 0 Å². The number of hydrogen-bond donors (Lipinski definition) is 1. The maximum absolute atomic E-state index is 3.55. The Morgan fingerprint density at radius 2 is 1.79 bits per heavy atom. The van der Waals surface area contributed by atoms with E-state index >= 15 is 0 Å². The molecule has 3 radical (unpaired) electrons. The molecule has 0 aromatic rings. The summed E-state index contributed by atoms with van der Waals surface area (Å²) < 4.78 is 3.45. The monoisotopic (exact) mass is 227 g/mol. The molecule has 0 spiro atoms. The molecule has 1 saturated heterocycles. The summed E-state index contributed by atoms with van der Waals surface area (Å²) in [4.78, 5) is 2.62. The summed E-state index contributed by atoms with van der Waals surface area (Å²) in [6, 6.07) is 0. The third-order valence-electron chi connectivity index (χ3n) is 3.67. The molecular weight excluding hydrogens is 204 g/mol. The van der Waals surface area contributed by atoms with Gasteiger partial charge in [-0.25, -0.2) is 0 Å². The average molecular weight is 227 g/mol. The van der Waals surface area contributed by atoms with Crippen LogP contribution in [0.2, 0.25) is 11.6 Å². The van der Waals surface area contributed by atoms with E-state index in [1.807, 2.05) is 0 Å². The smallest absolute Gasteiger partial charge is 0.135 e. The van der Waals surface area contributed by atoms with Gasteiger partial charge in [0.05, 0.1) is 0 Å². The molecule has 1 fully saturated rings. The lowest BCUT2D eigenvalue weighted by Gasteiger charge is -2.42. The molecule has 1 aliphatic heterocycles. The third kappa shape index (κ3) is 2.69. The van der Waals surface area contributed by atoms with E-state index in [2.05, 4.69) is 47.3 Å². The van der Waals surface area contributed by atoms with Crippen molar-refractivity contribution in [1.29, 1.82) is 0 Å². The van der Waals surface area contributed by atoms with Gasteiger partial charge in [0, 0.05) is 6.17 Å². The summed E-state index contributed by atoms with van der Waals surface area (Å²) >= 11 is 0. The Labute approximate surface area is 93.0 Å². The first kappa shape index (κ1) is 12.4. The average Bonchev–Trinajstić information content (AvgIpc) is 2.54. The van der Waals surface area contributed by atoms with Crippen molar-refractivity contribution in [2.24, 2.45) is 0 Å². The molecule has 0 bridgehead atoms. The second kappa shape index (κ2) is 4.47. The van der Waals surface area contributed by atoms with Crippen LogP contribution in [-0.4, -0.2) is 42.8 Å². The molecule has 4 heteroatoms. The van der Waals surface area contributed by atoms with Crippen LogP contribution in [0.25, 0.3) is 0 Å². The van der Waals surface area contributed by atoms with Crippen molar-refractivity contribution in [2.45, 2.75) is 45.2 Å². The van der Waals surface area contributed by atoms with Crippen molar-refractivity contribution in [3.63, 3.8) is 0 Å². The Morgan fingerprint density at radius 1 is 1.29 bits per heavy atom. The molecule has 0 aromatic heterocycles. The van der Waals surface area contributed by atoms with Crippen LogP contribution >= 0.6 is 0 Å². The quantitative estimate of drug-likeness (QED) is 0.738. The second-order valence-electron chi connectivity index (χ2n) is 5.69. The van der Waals surface area contributed by atoms with E-state index in [4.69, 9.17) is 0 Å².